The van der Waals surface area contributed by atoms with Crippen molar-refractivity contribution in [1.82, 2.24) is 5.32 Å². The number of nitrogens with one attached hydrogen (secondary N) is 1. The van der Waals surface area contributed by atoms with E-state index < -0.39 is 5.97 Å². The molecule has 0 aromatic rings. The van der Waals surface area contributed by atoms with Gasteiger partial charge in [-0.15, -0.1) is 0 Å². The van der Waals surface area contributed by atoms with Crippen molar-refractivity contribution >= 4 is 23.6 Å². The minimum absolute atomic E-state index is 0.0648. The van der Waals surface area contributed by atoms with Gasteiger partial charge in [0.1, 0.15) is 0 Å². The van der Waals surface area contributed by atoms with E-state index in [4.69, 9.17) is 5.11 Å². The second kappa shape index (κ2) is 8.40. The third-order valence-electron chi connectivity index (χ3n) is 3.26. The Morgan fingerprint density at radius 3 is 2.72 bits per heavy atom. The second-order valence-electron chi connectivity index (χ2n) is 4.83. The summed E-state index contributed by atoms with van der Waals surface area (Å²) in [5.74, 6) is 1.04. The lowest BCUT2D eigenvalue weighted by Crippen LogP contribution is -2.33. The summed E-state index contributed by atoms with van der Waals surface area (Å²) in [7, 11) is 0. The van der Waals surface area contributed by atoms with Crippen LogP contribution < -0.4 is 5.32 Å². The molecule has 2 atom stereocenters. The summed E-state index contributed by atoms with van der Waals surface area (Å²) in [6, 6.07) is 0.0687. The van der Waals surface area contributed by atoms with E-state index in [1.54, 1.807) is 0 Å². The number of carboxylic acid groups (broad SMARTS) is 1. The molecule has 0 bridgehead atoms. The van der Waals surface area contributed by atoms with Crippen molar-refractivity contribution in [3.63, 3.8) is 0 Å². The van der Waals surface area contributed by atoms with Gasteiger partial charge < -0.3 is 10.4 Å². The summed E-state index contributed by atoms with van der Waals surface area (Å²) < 4.78 is 0. The van der Waals surface area contributed by atoms with Crippen molar-refractivity contribution in [3.05, 3.63) is 0 Å². The Hall–Kier alpha value is -0.710. The van der Waals surface area contributed by atoms with Crippen LogP contribution in [0.25, 0.3) is 0 Å². The fourth-order valence-electron chi connectivity index (χ4n) is 2.15. The van der Waals surface area contributed by atoms with Crippen LogP contribution in [-0.4, -0.2) is 34.5 Å². The van der Waals surface area contributed by atoms with Gasteiger partial charge in [0.25, 0.3) is 0 Å². The molecule has 1 saturated carbocycles. The normalized spacial score (nSPS) is 22.9. The van der Waals surface area contributed by atoms with Crippen LogP contribution in [0.15, 0.2) is 0 Å². The largest absolute Gasteiger partial charge is 0.481 e. The Kier molecular flexibility index (Phi) is 7.16. The van der Waals surface area contributed by atoms with E-state index >= 15 is 0 Å². The number of aliphatic carboxylic acids is 1. The summed E-state index contributed by atoms with van der Waals surface area (Å²) in [6.45, 7) is 2.16. The number of unbranched alkanes of at least 4 members (excludes halogenated alkanes) is 1. The molecule has 0 aliphatic heterocycles. The van der Waals surface area contributed by atoms with Crippen molar-refractivity contribution in [2.24, 2.45) is 5.92 Å². The van der Waals surface area contributed by atoms with Crippen LogP contribution in [0.4, 0.5) is 0 Å². The molecule has 104 valence electrons. The second-order valence-corrected chi connectivity index (χ2v) is 6.05. The maximum Gasteiger partial charge on any atom is 0.306 e. The first-order valence-corrected chi connectivity index (χ1v) is 7.88. The van der Waals surface area contributed by atoms with E-state index in [2.05, 4.69) is 12.2 Å². The number of amides is 1. The first kappa shape index (κ1) is 15.3. The molecule has 1 aliphatic carbocycles. The van der Waals surface area contributed by atoms with Gasteiger partial charge in [-0.2, -0.15) is 11.8 Å². The Labute approximate surface area is 113 Å². The van der Waals surface area contributed by atoms with Crippen molar-refractivity contribution in [2.75, 3.05) is 11.5 Å². The predicted octanol–water partition coefficient (Wildman–Crippen LogP) is 2.28. The Morgan fingerprint density at radius 2 is 2.11 bits per heavy atom. The highest BCUT2D eigenvalue weighted by Crippen LogP contribution is 2.25. The Morgan fingerprint density at radius 1 is 1.33 bits per heavy atom. The molecule has 1 rings (SSSR count). The van der Waals surface area contributed by atoms with Gasteiger partial charge in [-0.25, -0.2) is 0 Å². The minimum atomic E-state index is -0.734. The van der Waals surface area contributed by atoms with Crippen LogP contribution in [-0.2, 0) is 9.59 Å². The minimum Gasteiger partial charge on any atom is -0.481 e. The van der Waals surface area contributed by atoms with Crippen LogP contribution in [0.2, 0.25) is 0 Å². The van der Waals surface area contributed by atoms with Gasteiger partial charge in [-0.3, -0.25) is 9.59 Å². The van der Waals surface area contributed by atoms with Gasteiger partial charge in [0, 0.05) is 18.2 Å². The SMILES string of the molecule is CCCCSCCC(=O)N[C@H]1CC[C@@H](C(=O)O)C1. The lowest BCUT2D eigenvalue weighted by atomic mass is 10.1. The van der Waals surface area contributed by atoms with Gasteiger partial charge in [0.15, 0.2) is 0 Å². The fourth-order valence-corrected chi connectivity index (χ4v) is 3.18. The van der Waals surface area contributed by atoms with Gasteiger partial charge in [-0.1, -0.05) is 13.3 Å². The molecule has 1 aliphatic rings. The molecule has 0 saturated heterocycles. The van der Waals surface area contributed by atoms with E-state index in [0.29, 0.717) is 19.3 Å². The Balaban J connectivity index is 2.08. The Bertz CT molecular complexity index is 283. The standard InChI is InChI=1S/C13H23NO3S/c1-2-3-7-18-8-6-12(15)14-11-5-4-10(9-11)13(16)17/h10-11H,2-9H2,1H3,(H,14,15)(H,16,17)/t10-,11+/m1/s1. The van der Waals surface area contributed by atoms with E-state index in [9.17, 15) is 9.59 Å². The molecule has 0 spiro atoms. The van der Waals surface area contributed by atoms with Crippen molar-refractivity contribution in [2.45, 2.75) is 51.5 Å². The summed E-state index contributed by atoms with van der Waals surface area (Å²) in [6.07, 6.45) is 5.01. The monoisotopic (exact) mass is 273 g/mol. The van der Waals surface area contributed by atoms with Crippen molar-refractivity contribution in [3.8, 4) is 0 Å². The molecule has 0 aromatic heterocycles. The topological polar surface area (TPSA) is 66.4 Å². The summed E-state index contributed by atoms with van der Waals surface area (Å²) in [5.41, 5.74) is 0. The molecule has 0 unspecified atom stereocenters. The maximum atomic E-state index is 11.6. The highest BCUT2D eigenvalue weighted by molar-refractivity contribution is 7.99. The van der Waals surface area contributed by atoms with Crippen LogP contribution in [0.1, 0.15) is 45.4 Å². The number of carbonyl (C=O) groups excluding carboxylic acids is 1. The van der Waals surface area contributed by atoms with Crippen molar-refractivity contribution < 1.29 is 14.7 Å². The van der Waals surface area contributed by atoms with Crippen LogP contribution >= 0.6 is 11.8 Å². The van der Waals surface area contributed by atoms with Gasteiger partial charge in [0.05, 0.1) is 5.92 Å². The van der Waals surface area contributed by atoms with E-state index in [1.165, 1.54) is 12.8 Å². The van der Waals surface area contributed by atoms with E-state index in [0.717, 1.165) is 17.9 Å². The van der Waals surface area contributed by atoms with Crippen LogP contribution in [0.5, 0.6) is 0 Å². The fraction of sp³-hybridized carbons (Fsp3) is 0.846. The molecule has 0 radical (unpaired) electrons. The number of hydrogen-bond donors (Lipinski definition) is 2. The lowest BCUT2D eigenvalue weighted by molar-refractivity contribution is -0.141. The van der Waals surface area contributed by atoms with Crippen LogP contribution in [0, 0.1) is 5.92 Å². The summed E-state index contributed by atoms with van der Waals surface area (Å²) in [4.78, 5) is 22.4. The predicted molar refractivity (Wildman–Crippen MR) is 73.8 cm³/mol. The third-order valence-corrected chi connectivity index (χ3v) is 4.33. The lowest BCUT2D eigenvalue weighted by Gasteiger charge is -2.12. The number of thioether (sulfide) groups is 1. The highest BCUT2D eigenvalue weighted by atomic mass is 32.2. The number of carboxylic acids is 1. The molecule has 2 N–H and O–H groups in total. The first-order valence-electron chi connectivity index (χ1n) is 6.73. The van der Waals surface area contributed by atoms with Crippen molar-refractivity contribution in [1.29, 1.82) is 0 Å². The van der Waals surface area contributed by atoms with Crippen LogP contribution in [0.3, 0.4) is 0 Å². The zero-order valence-corrected chi connectivity index (χ0v) is 11.8. The van der Waals surface area contributed by atoms with Gasteiger partial charge >= 0.3 is 5.97 Å². The average Bonchev–Trinajstić information content (AvgIpc) is 2.77. The zero-order chi connectivity index (χ0) is 13.4. The molecule has 0 heterocycles. The molecule has 1 fully saturated rings. The zero-order valence-electron chi connectivity index (χ0n) is 11.0. The molecule has 4 nitrogen and oxygen atoms in total. The number of rotatable bonds is 8. The van der Waals surface area contributed by atoms with Gasteiger partial charge in [-0.05, 0) is 31.4 Å². The maximum absolute atomic E-state index is 11.6. The molecular weight excluding hydrogens is 250 g/mol. The molecule has 0 aromatic carbocycles. The van der Waals surface area contributed by atoms with E-state index in [1.807, 2.05) is 11.8 Å². The third kappa shape index (κ3) is 5.76. The molecule has 1 amide bonds. The molecule has 18 heavy (non-hydrogen) atoms. The van der Waals surface area contributed by atoms with Gasteiger partial charge in [0.2, 0.25) is 5.91 Å². The molecular formula is C13H23NO3S. The average molecular weight is 273 g/mol. The summed E-state index contributed by atoms with van der Waals surface area (Å²) in [5, 5.41) is 11.8. The number of hydrogen-bond acceptors (Lipinski definition) is 3. The smallest absolute Gasteiger partial charge is 0.306 e. The number of carbonyl (C=O) groups is 2. The highest BCUT2D eigenvalue weighted by Gasteiger charge is 2.30. The summed E-state index contributed by atoms with van der Waals surface area (Å²) >= 11 is 1.81. The van der Waals surface area contributed by atoms with E-state index in [-0.39, 0.29) is 17.9 Å². The first-order chi connectivity index (χ1) is 8.63. The quantitative estimate of drug-likeness (QED) is 0.666. The molecule has 5 heteroatoms.